The highest BCUT2D eigenvalue weighted by Gasteiger charge is 2.50. The summed E-state index contributed by atoms with van der Waals surface area (Å²) >= 11 is 0. The molecule has 0 spiro atoms. The number of rotatable bonds is 15. The third-order valence-electron chi connectivity index (χ3n) is 6.45. The van der Waals surface area contributed by atoms with Crippen molar-refractivity contribution in [3.05, 3.63) is 0 Å². The standard InChI is InChI=1S/C22H48P/c1-8-14-17-20(11-4)23(7,21(12-5)18-15-9-2)22(13-6)19-16-10-3/h20-22H,8-19H2,1-7H3/q+1. The van der Waals surface area contributed by atoms with E-state index in [0.29, 0.717) is 0 Å². The van der Waals surface area contributed by atoms with Crippen LogP contribution in [0.15, 0.2) is 0 Å². The molecule has 0 rings (SSSR count). The van der Waals surface area contributed by atoms with Crippen molar-refractivity contribution in [3.63, 3.8) is 0 Å². The van der Waals surface area contributed by atoms with E-state index in [1.807, 2.05) is 0 Å². The van der Waals surface area contributed by atoms with Gasteiger partial charge in [0, 0.05) is 13.9 Å². The van der Waals surface area contributed by atoms with Crippen LogP contribution >= 0.6 is 7.26 Å². The van der Waals surface area contributed by atoms with Gasteiger partial charge in [-0.05, 0) is 57.8 Å². The molecule has 1 heteroatoms. The van der Waals surface area contributed by atoms with Crippen molar-refractivity contribution in [2.24, 2.45) is 0 Å². The van der Waals surface area contributed by atoms with Gasteiger partial charge in [-0.3, -0.25) is 0 Å². The molecule has 0 aromatic heterocycles. The van der Waals surface area contributed by atoms with Crippen molar-refractivity contribution < 1.29 is 0 Å². The van der Waals surface area contributed by atoms with Crippen LogP contribution in [0.25, 0.3) is 0 Å². The summed E-state index contributed by atoms with van der Waals surface area (Å²) < 4.78 is 0. The van der Waals surface area contributed by atoms with E-state index in [2.05, 4.69) is 48.2 Å². The first-order chi connectivity index (χ1) is 11.1. The van der Waals surface area contributed by atoms with Crippen molar-refractivity contribution in [1.82, 2.24) is 0 Å². The van der Waals surface area contributed by atoms with Crippen LogP contribution in [0.4, 0.5) is 0 Å². The van der Waals surface area contributed by atoms with Crippen molar-refractivity contribution in [2.45, 2.75) is 136 Å². The fourth-order valence-electron chi connectivity index (χ4n) is 4.84. The normalized spacial score (nSPS) is 18.4. The molecule has 0 heterocycles. The summed E-state index contributed by atoms with van der Waals surface area (Å²) in [6.07, 6.45) is 17.2. The SMILES string of the molecule is CCCCC(CC)[P+](C)(C(CC)CCCC)C(CC)CCCC. The van der Waals surface area contributed by atoms with Crippen LogP contribution in [-0.4, -0.2) is 23.6 Å². The Morgan fingerprint density at radius 1 is 0.522 bits per heavy atom. The number of hydrogen-bond donors (Lipinski definition) is 0. The molecular formula is C22H48P+. The zero-order valence-electron chi connectivity index (χ0n) is 17.7. The first kappa shape index (κ1) is 23.4. The second kappa shape index (κ2) is 13.7. The maximum atomic E-state index is 2.81. The van der Waals surface area contributed by atoms with Gasteiger partial charge in [0.25, 0.3) is 0 Å². The Kier molecular flexibility index (Phi) is 13.9. The van der Waals surface area contributed by atoms with E-state index in [9.17, 15) is 0 Å². The van der Waals surface area contributed by atoms with E-state index in [1.165, 1.54) is 77.0 Å². The Balaban J connectivity index is 5.49. The van der Waals surface area contributed by atoms with Gasteiger partial charge in [0.2, 0.25) is 0 Å². The highest BCUT2D eigenvalue weighted by atomic mass is 31.2. The van der Waals surface area contributed by atoms with Crippen LogP contribution < -0.4 is 0 Å². The summed E-state index contributed by atoms with van der Waals surface area (Å²) in [6, 6.07) is 0. The van der Waals surface area contributed by atoms with Gasteiger partial charge in [0.05, 0.1) is 17.0 Å². The maximum absolute atomic E-state index is 2.81. The molecule has 0 nitrogen and oxygen atoms in total. The molecule has 23 heavy (non-hydrogen) atoms. The van der Waals surface area contributed by atoms with E-state index in [4.69, 9.17) is 0 Å². The molecule has 0 aliphatic rings. The van der Waals surface area contributed by atoms with Gasteiger partial charge in [-0.2, -0.15) is 0 Å². The van der Waals surface area contributed by atoms with Gasteiger partial charge in [-0.1, -0.05) is 60.8 Å². The van der Waals surface area contributed by atoms with Crippen LogP contribution in [0.3, 0.4) is 0 Å². The minimum Gasteiger partial charge on any atom is -0.0654 e. The molecule has 3 atom stereocenters. The van der Waals surface area contributed by atoms with Gasteiger partial charge >= 0.3 is 0 Å². The highest BCUT2D eigenvalue weighted by molar-refractivity contribution is 7.77. The van der Waals surface area contributed by atoms with Crippen molar-refractivity contribution >= 4 is 7.26 Å². The molecule has 0 aromatic carbocycles. The Bertz CT molecular complexity index is 220. The van der Waals surface area contributed by atoms with Gasteiger partial charge in [0.15, 0.2) is 0 Å². The van der Waals surface area contributed by atoms with Crippen molar-refractivity contribution in [1.29, 1.82) is 0 Å². The molecule has 3 unspecified atom stereocenters. The summed E-state index contributed by atoms with van der Waals surface area (Å²) in [5, 5.41) is 0. The number of hydrogen-bond acceptors (Lipinski definition) is 0. The maximum Gasteiger partial charge on any atom is 0.0697 e. The molecule has 0 amide bonds. The smallest absolute Gasteiger partial charge is 0.0654 e. The molecule has 0 radical (unpaired) electrons. The third kappa shape index (κ3) is 7.05. The molecule has 140 valence electrons. The number of unbranched alkanes of at least 4 members (excludes halogenated alkanes) is 3. The second-order valence-electron chi connectivity index (χ2n) is 7.83. The van der Waals surface area contributed by atoms with Crippen molar-refractivity contribution in [3.8, 4) is 0 Å². The molecule has 0 aromatic rings. The van der Waals surface area contributed by atoms with E-state index in [0.717, 1.165) is 17.0 Å². The van der Waals surface area contributed by atoms with Crippen LogP contribution in [0.5, 0.6) is 0 Å². The summed E-state index contributed by atoms with van der Waals surface area (Å²) in [6.45, 7) is 17.4. The minimum absolute atomic E-state index is 0.889. The van der Waals surface area contributed by atoms with E-state index in [-0.39, 0.29) is 0 Å². The van der Waals surface area contributed by atoms with Crippen molar-refractivity contribution in [2.75, 3.05) is 6.66 Å². The topological polar surface area (TPSA) is 0 Å². The highest BCUT2D eigenvalue weighted by Crippen LogP contribution is 2.72. The quantitative estimate of drug-likeness (QED) is 0.261. The zero-order chi connectivity index (χ0) is 17.7. The fraction of sp³-hybridized carbons (Fsp3) is 1.00. The molecule has 0 aliphatic carbocycles. The van der Waals surface area contributed by atoms with Gasteiger partial charge < -0.3 is 0 Å². The Labute approximate surface area is 149 Å². The largest absolute Gasteiger partial charge is 0.0697 e. The van der Waals surface area contributed by atoms with Crippen LogP contribution in [0, 0.1) is 0 Å². The molecule has 0 N–H and O–H groups in total. The minimum atomic E-state index is -0.889. The van der Waals surface area contributed by atoms with E-state index >= 15 is 0 Å². The van der Waals surface area contributed by atoms with E-state index in [1.54, 1.807) is 0 Å². The summed E-state index contributed by atoms with van der Waals surface area (Å²) in [5.74, 6) is 0. The average Bonchev–Trinajstić information content (AvgIpc) is 2.56. The van der Waals surface area contributed by atoms with E-state index < -0.39 is 7.26 Å². The Hall–Kier alpha value is 0.430. The lowest BCUT2D eigenvalue weighted by Gasteiger charge is -2.43. The van der Waals surface area contributed by atoms with Crippen LogP contribution in [-0.2, 0) is 0 Å². The second-order valence-corrected chi connectivity index (χ2v) is 12.5. The van der Waals surface area contributed by atoms with Crippen LogP contribution in [0.1, 0.15) is 119 Å². The molecule has 0 saturated carbocycles. The lowest BCUT2D eigenvalue weighted by Crippen LogP contribution is -2.31. The summed E-state index contributed by atoms with van der Waals surface area (Å²) in [5.41, 5.74) is 3.10. The van der Waals surface area contributed by atoms with Gasteiger partial charge in [-0.15, -0.1) is 0 Å². The summed E-state index contributed by atoms with van der Waals surface area (Å²) in [4.78, 5) is 0. The summed E-state index contributed by atoms with van der Waals surface area (Å²) in [7, 11) is -0.889. The molecular weight excluding hydrogens is 295 g/mol. The zero-order valence-corrected chi connectivity index (χ0v) is 18.6. The fourth-order valence-corrected chi connectivity index (χ4v) is 11.2. The lowest BCUT2D eigenvalue weighted by atomic mass is 10.1. The molecule has 0 saturated heterocycles. The third-order valence-corrected chi connectivity index (χ3v) is 13.0. The molecule has 0 aliphatic heterocycles. The molecule has 0 fully saturated rings. The predicted molar refractivity (Wildman–Crippen MR) is 114 cm³/mol. The monoisotopic (exact) mass is 343 g/mol. The van der Waals surface area contributed by atoms with Crippen LogP contribution in [0.2, 0.25) is 0 Å². The lowest BCUT2D eigenvalue weighted by molar-refractivity contribution is 0.586. The predicted octanol–water partition coefficient (Wildman–Crippen LogP) is 8.54. The Morgan fingerprint density at radius 2 is 0.783 bits per heavy atom. The first-order valence-corrected chi connectivity index (χ1v) is 13.4. The Morgan fingerprint density at radius 3 is 0.957 bits per heavy atom. The van der Waals surface area contributed by atoms with Gasteiger partial charge in [-0.25, -0.2) is 0 Å². The van der Waals surface area contributed by atoms with Gasteiger partial charge in [0.1, 0.15) is 0 Å². The molecule has 0 bridgehead atoms. The average molecular weight is 344 g/mol. The first-order valence-electron chi connectivity index (χ1n) is 10.9.